The molecule has 0 aromatic heterocycles. The molecule has 54 valence electrons. The second kappa shape index (κ2) is 3.21. The van der Waals surface area contributed by atoms with Crippen LogP contribution in [0.3, 0.4) is 0 Å². The summed E-state index contributed by atoms with van der Waals surface area (Å²) in [4.78, 5) is 0. The molecule has 0 aromatic rings. The molecule has 1 saturated carbocycles. The first kappa shape index (κ1) is 7.07. The number of hydrogen-bond donors (Lipinski definition) is 1. The summed E-state index contributed by atoms with van der Waals surface area (Å²) in [7, 11) is 0. The fourth-order valence-electron chi connectivity index (χ4n) is 1.06. The Morgan fingerprint density at radius 3 is 2.67 bits per heavy atom. The van der Waals surface area contributed by atoms with Crippen LogP contribution >= 0.6 is 0 Å². The highest BCUT2D eigenvalue weighted by Crippen LogP contribution is 2.33. The Hall–Kier alpha value is -0.0400. The highest BCUT2D eigenvalue weighted by atomic mass is 14.6. The second-order valence-electron chi connectivity index (χ2n) is 3.19. The van der Waals surface area contributed by atoms with Gasteiger partial charge in [0.15, 0.2) is 0 Å². The fraction of sp³-hybridized carbons (Fsp3) is 1.00. The lowest BCUT2D eigenvalue weighted by molar-refractivity contribution is 0.542. The van der Waals surface area contributed by atoms with Gasteiger partial charge in [0.25, 0.3) is 0 Å². The van der Waals surface area contributed by atoms with E-state index in [-0.39, 0.29) is 0 Å². The summed E-state index contributed by atoms with van der Waals surface area (Å²) in [5, 5.41) is 0. The van der Waals surface area contributed by atoms with E-state index in [1.54, 1.807) is 0 Å². The minimum Gasteiger partial charge on any atom is -0.328 e. The first-order valence-electron chi connectivity index (χ1n) is 4.08. The summed E-state index contributed by atoms with van der Waals surface area (Å²) >= 11 is 0. The Kier molecular flexibility index (Phi) is 2.52. The summed E-state index contributed by atoms with van der Waals surface area (Å²) in [6.45, 7) is 2.16. The van der Waals surface area contributed by atoms with E-state index < -0.39 is 0 Å². The molecule has 0 bridgehead atoms. The zero-order valence-corrected chi connectivity index (χ0v) is 6.27. The molecule has 1 heteroatoms. The Balaban J connectivity index is 1.90. The quantitative estimate of drug-likeness (QED) is 0.613. The molecule has 0 amide bonds. The number of nitrogens with two attached hydrogens (primary N) is 1. The highest BCUT2D eigenvalue weighted by molar-refractivity contribution is 4.74. The molecular weight excluding hydrogens is 110 g/mol. The third kappa shape index (κ3) is 2.85. The van der Waals surface area contributed by atoms with E-state index in [4.69, 9.17) is 5.73 Å². The molecule has 1 atom stereocenters. The molecule has 2 N–H and O–H groups in total. The van der Waals surface area contributed by atoms with Gasteiger partial charge in [-0.05, 0) is 25.2 Å². The van der Waals surface area contributed by atoms with E-state index in [0.717, 1.165) is 12.3 Å². The fourth-order valence-corrected chi connectivity index (χ4v) is 1.06. The lowest BCUT2D eigenvalue weighted by Gasteiger charge is -2.05. The van der Waals surface area contributed by atoms with E-state index in [0.29, 0.717) is 6.04 Å². The molecule has 9 heavy (non-hydrogen) atoms. The molecule has 0 spiro atoms. The van der Waals surface area contributed by atoms with Crippen LogP contribution in [0.1, 0.15) is 39.0 Å². The van der Waals surface area contributed by atoms with Crippen LogP contribution in [-0.4, -0.2) is 6.04 Å². The second-order valence-corrected chi connectivity index (χ2v) is 3.19. The minimum absolute atomic E-state index is 0.477. The first-order valence-corrected chi connectivity index (χ1v) is 4.08. The molecule has 1 rings (SSSR count). The summed E-state index contributed by atoms with van der Waals surface area (Å²) < 4.78 is 0. The normalized spacial score (nSPS) is 22.0. The van der Waals surface area contributed by atoms with Gasteiger partial charge in [0.05, 0.1) is 0 Å². The van der Waals surface area contributed by atoms with Crippen molar-refractivity contribution in [2.24, 2.45) is 11.7 Å². The largest absolute Gasteiger partial charge is 0.328 e. The summed E-state index contributed by atoms with van der Waals surface area (Å²) in [5.41, 5.74) is 5.75. The topological polar surface area (TPSA) is 26.0 Å². The van der Waals surface area contributed by atoms with Gasteiger partial charge in [0.2, 0.25) is 0 Å². The molecule has 0 unspecified atom stereocenters. The monoisotopic (exact) mass is 127 g/mol. The van der Waals surface area contributed by atoms with Crippen molar-refractivity contribution >= 4 is 0 Å². The van der Waals surface area contributed by atoms with Crippen LogP contribution in [0.5, 0.6) is 0 Å². The molecule has 0 saturated heterocycles. The Labute approximate surface area is 57.6 Å². The van der Waals surface area contributed by atoms with Crippen molar-refractivity contribution in [2.45, 2.75) is 45.1 Å². The SMILES string of the molecule is CC[C@H](N)CCC1CC1. The molecule has 0 heterocycles. The van der Waals surface area contributed by atoms with E-state index in [1.807, 2.05) is 0 Å². The Bertz CT molecular complexity index is 76.6. The Morgan fingerprint density at radius 2 is 2.22 bits per heavy atom. The van der Waals surface area contributed by atoms with E-state index in [2.05, 4.69) is 6.92 Å². The molecular formula is C8H17N. The van der Waals surface area contributed by atoms with Gasteiger partial charge in [-0.25, -0.2) is 0 Å². The van der Waals surface area contributed by atoms with Crippen LogP contribution in [0.4, 0.5) is 0 Å². The standard InChI is InChI=1S/C8H17N/c1-2-8(9)6-5-7-3-4-7/h7-8H,2-6,9H2,1H3/t8-/m0/s1. The lowest BCUT2D eigenvalue weighted by atomic mass is 10.1. The van der Waals surface area contributed by atoms with Crippen LogP contribution in [0.25, 0.3) is 0 Å². The number of hydrogen-bond acceptors (Lipinski definition) is 1. The zero-order chi connectivity index (χ0) is 6.69. The average Bonchev–Trinajstić information content (AvgIpc) is 2.65. The van der Waals surface area contributed by atoms with Crippen molar-refractivity contribution in [3.8, 4) is 0 Å². The van der Waals surface area contributed by atoms with Crippen molar-refractivity contribution in [1.82, 2.24) is 0 Å². The summed E-state index contributed by atoms with van der Waals surface area (Å²) in [6, 6.07) is 0.477. The van der Waals surface area contributed by atoms with Gasteiger partial charge in [-0.1, -0.05) is 19.8 Å². The van der Waals surface area contributed by atoms with Crippen molar-refractivity contribution < 1.29 is 0 Å². The molecule has 0 aromatic carbocycles. The lowest BCUT2D eigenvalue weighted by Crippen LogP contribution is -2.18. The van der Waals surface area contributed by atoms with E-state index >= 15 is 0 Å². The molecule has 1 fully saturated rings. The maximum Gasteiger partial charge on any atom is 0.00363 e. The Morgan fingerprint density at radius 1 is 1.56 bits per heavy atom. The molecule has 1 nitrogen and oxygen atoms in total. The first-order chi connectivity index (χ1) is 4.33. The highest BCUT2D eigenvalue weighted by Gasteiger charge is 2.20. The maximum atomic E-state index is 5.75. The van der Waals surface area contributed by atoms with Crippen LogP contribution in [0.15, 0.2) is 0 Å². The van der Waals surface area contributed by atoms with Crippen molar-refractivity contribution in [3.05, 3.63) is 0 Å². The van der Waals surface area contributed by atoms with Gasteiger partial charge in [-0.2, -0.15) is 0 Å². The van der Waals surface area contributed by atoms with Gasteiger partial charge in [-0.3, -0.25) is 0 Å². The van der Waals surface area contributed by atoms with Crippen molar-refractivity contribution in [1.29, 1.82) is 0 Å². The van der Waals surface area contributed by atoms with Crippen LogP contribution in [-0.2, 0) is 0 Å². The molecule has 1 aliphatic carbocycles. The smallest absolute Gasteiger partial charge is 0.00363 e. The number of rotatable bonds is 4. The maximum absolute atomic E-state index is 5.75. The average molecular weight is 127 g/mol. The molecule has 1 aliphatic rings. The molecule has 0 aliphatic heterocycles. The zero-order valence-electron chi connectivity index (χ0n) is 6.27. The van der Waals surface area contributed by atoms with Crippen molar-refractivity contribution in [3.63, 3.8) is 0 Å². The third-order valence-corrected chi connectivity index (χ3v) is 2.17. The molecule has 0 radical (unpaired) electrons. The van der Waals surface area contributed by atoms with Gasteiger partial charge >= 0.3 is 0 Å². The predicted molar refractivity (Wildman–Crippen MR) is 40.2 cm³/mol. The van der Waals surface area contributed by atoms with E-state index in [1.165, 1.54) is 25.7 Å². The third-order valence-electron chi connectivity index (χ3n) is 2.17. The minimum atomic E-state index is 0.477. The van der Waals surface area contributed by atoms with Crippen molar-refractivity contribution in [2.75, 3.05) is 0 Å². The van der Waals surface area contributed by atoms with Crippen LogP contribution in [0.2, 0.25) is 0 Å². The van der Waals surface area contributed by atoms with Crippen LogP contribution < -0.4 is 5.73 Å². The van der Waals surface area contributed by atoms with Crippen LogP contribution in [0, 0.1) is 5.92 Å². The van der Waals surface area contributed by atoms with Gasteiger partial charge in [0.1, 0.15) is 0 Å². The van der Waals surface area contributed by atoms with Gasteiger partial charge < -0.3 is 5.73 Å². The summed E-state index contributed by atoms with van der Waals surface area (Å²) in [6.07, 6.45) is 6.72. The van der Waals surface area contributed by atoms with E-state index in [9.17, 15) is 0 Å². The van der Waals surface area contributed by atoms with Gasteiger partial charge in [-0.15, -0.1) is 0 Å². The van der Waals surface area contributed by atoms with Gasteiger partial charge in [0, 0.05) is 6.04 Å². The predicted octanol–water partition coefficient (Wildman–Crippen LogP) is 1.91. The summed E-state index contributed by atoms with van der Waals surface area (Å²) in [5.74, 6) is 1.06.